The van der Waals surface area contributed by atoms with E-state index in [4.69, 9.17) is 5.11 Å². The molecule has 0 radical (unpaired) electrons. The number of hydrogen-bond acceptors (Lipinski definition) is 7. The molecule has 1 aliphatic rings. The van der Waals surface area contributed by atoms with Gasteiger partial charge in [0.25, 0.3) is 0 Å². The number of imide groups is 1. The Kier molecular flexibility index (Phi) is 3.30. The maximum atomic E-state index is 11.3. The fraction of sp³-hybridized carbons (Fsp3) is 0.300. The molecule has 19 heavy (non-hydrogen) atoms. The minimum absolute atomic E-state index is 0.000862. The van der Waals surface area contributed by atoms with Gasteiger partial charge in [-0.05, 0) is 0 Å². The third-order valence-electron chi connectivity index (χ3n) is 2.36. The fourth-order valence-corrected chi connectivity index (χ4v) is 2.55. The number of Topliss-reactive ketones (excluding diaryl/α,β-unsaturated/α-hetero) is 1. The number of carbonyl (C=O) groups is 4. The molecular formula is C10H9N3O5S. The van der Waals surface area contributed by atoms with Crippen LogP contribution in [-0.2, 0) is 9.59 Å². The van der Waals surface area contributed by atoms with E-state index in [0.29, 0.717) is 0 Å². The number of rotatable bonds is 3. The molecule has 100 valence electrons. The zero-order valence-electron chi connectivity index (χ0n) is 9.80. The van der Waals surface area contributed by atoms with Crippen LogP contribution in [0, 0.1) is 0 Å². The third kappa shape index (κ3) is 2.60. The van der Waals surface area contributed by atoms with Crippen LogP contribution in [-0.4, -0.2) is 46.7 Å². The summed E-state index contributed by atoms with van der Waals surface area (Å²) in [4.78, 5) is 49.9. The van der Waals surface area contributed by atoms with Crippen molar-refractivity contribution in [3.63, 3.8) is 0 Å². The van der Waals surface area contributed by atoms with Crippen LogP contribution in [0.2, 0.25) is 0 Å². The van der Waals surface area contributed by atoms with Crippen LogP contribution < -0.4 is 10.2 Å². The van der Waals surface area contributed by atoms with Crippen molar-refractivity contribution >= 4 is 40.0 Å². The molecule has 0 aliphatic carbocycles. The minimum Gasteiger partial charge on any atom is -0.476 e. The first-order chi connectivity index (χ1) is 8.88. The van der Waals surface area contributed by atoms with Gasteiger partial charge >= 0.3 is 5.97 Å². The SMILES string of the molecule is CC(=O)c1sc(N2CC(=O)NC(=O)C2)nc1C(=O)O. The van der Waals surface area contributed by atoms with Crippen LogP contribution in [0.5, 0.6) is 0 Å². The number of piperazine rings is 1. The molecule has 0 bridgehead atoms. The van der Waals surface area contributed by atoms with Gasteiger partial charge < -0.3 is 10.0 Å². The van der Waals surface area contributed by atoms with Crippen LogP contribution in [0.15, 0.2) is 0 Å². The molecule has 2 rings (SSSR count). The average Bonchev–Trinajstić information content (AvgIpc) is 2.72. The molecule has 9 heteroatoms. The quantitative estimate of drug-likeness (QED) is 0.567. The monoisotopic (exact) mass is 283 g/mol. The molecule has 1 saturated heterocycles. The van der Waals surface area contributed by atoms with E-state index in [9.17, 15) is 19.2 Å². The lowest BCUT2D eigenvalue weighted by molar-refractivity contribution is -0.130. The third-order valence-corrected chi connectivity index (χ3v) is 3.57. The molecule has 8 nitrogen and oxygen atoms in total. The van der Waals surface area contributed by atoms with Crippen LogP contribution in [0.3, 0.4) is 0 Å². The molecule has 0 unspecified atom stereocenters. The molecule has 2 amide bonds. The molecule has 2 N–H and O–H groups in total. The van der Waals surface area contributed by atoms with E-state index in [1.54, 1.807) is 0 Å². The van der Waals surface area contributed by atoms with Crippen molar-refractivity contribution in [3.05, 3.63) is 10.6 Å². The highest BCUT2D eigenvalue weighted by molar-refractivity contribution is 7.17. The number of aromatic nitrogens is 1. The van der Waals surface area contributed by atoms with Gasteiger partial charge in [0, 0.05) is 6.92 Å². The first-order valence-electron chi connectivity index (χ1n) is 5.21. The Morgan fingerprint density at radius 3 is 2.32 bits per heavy atom. The van der Waals surface area contributed by atoms with Crippen LogP contribution in [0.4, 0.5) is 5.13 Å². The number of ketones is 1. The van der Waals surface area contributed by atoms with E-state index in [-0.39, 0.29) is 28.8 Å². The number of nitrogens with one attached hydrogen (secondary N) is 1. The number of anilines is 1. The predicted molar refractivity (Wildman–Crippen MR) is 64.4 cm³/mol. The highest BCUT2D eigenvalue weighted by Gasteiger charge is 2.28. The van der Waals surface area contributed by atoms with Gasteiger partial charge in [-0.3, -0.25) is 19.7 Å². The first kappa shape index (κ1) is 13.1. The summed E-state index contributed by atoms with van der Waals surface area (Å²) >= 11 is 0.859. The van der Waals surface area contributed by atoms with Crippen LogP contribution >= 0.6 is 11.3 Å². The summed E-state index contributed by atoms with van der Waals surface area (Å²) < 4.78 is 0. The van der Waals surface area contributed by atoms with Crippen molar-refractivity contribution in [1.29, 1.82) is 0 Å². The minimum atomic E-state index is -1.32. The van der Waals surface area contributed by atoms with Gasteiger partial charge in [-0.1, -0.05) is 11.3 Å². The van der Waals surface area contributed by atoms with Gasteiger partial charge in [0.1, 0.15) is 18.0 Å². The lowest BCUT2D eigenvalue weighted by atomic mass is 10.3. The summed E-state index contributed by atoms with van der Waals surface area (Å²) in [6, 6.07) is 0. The maximum absolute atomic E-state index is 11.3. The summed E-state index contributed by atoms with van der Waals surface area (Å²) in [7, 11) is 0. The number of aromatic carboxylic acids is 1. The second-order valence-electron chi connectivity index (χ2n) is 3.86. The Labute approximate surface area is 111 Å². The van der Waals surface area contributed by atoms with Gasteiger partial charge in [-0.15, -0.1) is 0 Å². The highest BCUT2D eigenvalue weighted by atomic mass is 32.1. The molecule has 1 fully saturated rings. The number of hydrogen-bond donors (Lipinski definition) is 2. The van der Waals surface area contributed by atoms with Crippen molar-refractivity contribution in [2.45, 2.75) is 6.92 Å². The van der Waals surface area contributed by atoms with E-state index in [2.05, 4.69) is 10.3 Å². The van der Waals surface area contributed by atoms with E-state index >= 15 is 0 Å². The van der Waals surface area contributed by atoms with E-state index < -0.39 is 23.6 Å². The maximum Gasteiger partial charge on any atom is 0.356 e. The molecule has 0 spiro atoms. The highest BCUT2D eigenvalue weighted by Crippen LogP contribution is 2.27. The number of nitrogens with zero attached hydrogens (tertiary/aromatic N) is 2. The average molecular weight is 283 g/mol. The zero-order valence-corrected chi connectivity index (χ0v) is 10.6. The van der Waals surface area contributed by atoms with Crippen LogP contribution in [0.25, 0.3) is 0 Å². The Balaban J connectivity index is 2.38. The van der Waals surface area contributed by atoms with Crippen molar-refractivity contribution in [1.82, 2.24) is 10.3 Å². The van der Waals surface area contributed by atoms with Gasteiger partial charge in [0.05, 0.1) is 0 Å². The predicted octanol–water partition coefficient (Wildman–Crippen LogP) is -0.493. The summed E-state index contributed by atoms with van der Waals surface area (Å²) in [6.45, 7) is 1.03. The second kappa shape index (κ2) is 4.76. The van der Waals surface area contributed by atoms with Crippen molar-refractivity contribution in [2.24, 2.45) is 0 Å². The molecule has 1 aromatic rings. The fourth-order valence-electron chi connectivity index (χ4n) is 1.60. The molecule has 1 aromatic heterocycles. The molecular weight excluding hydrogens is 274 g/mol. The zero-order chi connectivity index (χ0) is 14.2. The largest absolute Gasteiger partial charge is 0.476 e. The smallest absolute Gasteiger partial charge is 0.356 e. The van der Waals surface area contributed by atoms with Crippen molar-refractivity contribution < 1.29 is 24.3 Å². The second-order valence-corrected chi connectivity index (χ2v) is 4.84. The Morgan fingerprint density at radius 1 is 1.32 bits per heavy atom. The lowest BCUT2D eigenvalue weighted by Gasteiger charge is -2.24. The first-order valence-corrected chi connectivity index (χ1v) is 6.03. The van der Waals surface area contributed by atoms with Gasteiger partial charge in [0.15, 0.2) is 16.6 Å². The normalized spacial score (nSPS) is 15.3. The topological polar surface area (TPSA) is 117 Å². The number of carbonyl (C=O) groups excluding carboxylic acids is 3. The van der Waals surface area contributed by atoms with E-state index in [1.165, 1.54) is 11.8 Å². The lowest BCUT2D eigenvalue weighted by Crippen LogP contribution is -2.51. The Bertz CT molecular complexity index is 546. The van der Waals surface area contributed by atoms with Crippen molar-refractivity contribution in [3.8, 4) is 0 Å². The summed E-state index contributed by atoms with van der Waals surface area (Å²) in [5, 5.41) is 11.2. The van der Waals surface area contributed by atoms with E-state index in [1.807, 2.05) is 0 Å². The number of thiazole rings is 1. The molecule has 0 saturated carbocycles. The standard InChI is InChI=1S/C10H9N3O5S/c1-4(14)8-7(9(17)18)12-10(19-8)13-2-5(15)11-6(16)3-13/h2-3H2,1H3,(H,17,18)(H,11,15,16). The van der Waals surface area contributed by atoms with Crippen LogP contribution in [0.1, 0.15) is 27.1 Å². The van der Waals surface area contributed by atoms with Gasteiger partial charge in [-0.2, -0.15) is 0 Å². The number of carboxylic acid groups (broad SMARTS) is 1. The Hall–Kier alpha value is -2.29. The summed E-state index contributed by atoms with van der Waals surface area (Å²) in [6.07, 6.45) is 0. The Morgan fingerprint density at radius 2 is 1.89 bits per heavy atom. The number of amides is 2. The molecule has 2 heterocycles. The molecule has 1 aliphatic heterocycles. The molecule has 0 atom stereocenters. The number of carboxylic acids is 1. The summed E-state index contributed by atoms with van der Waals surface area (Å²) in [5.74, 6) is -2.73. The van der Waals surface area contributed by atoms with E-state index in [0.717, 1.165) is 11.3 Å². The van der Waals surface area contributed by atoms with Gasteiger partial charge in [0.2, 0.25) is 11.8 Å². The van der Waals surface area contributed by atoms with Gasteiger partial charge in [-0.25, -0.2) is 9.78 Å². The summed E-state index contributed by atoms with van der Waals surface area (Å²) in [5.41, 5.74) is -0.356. The van der Waals surface area contributed by atoms with Crippen molar-refractivity contribution in [2.75, 3.05) is 18.0 Å². The molecule has 0 aromatic carbocycles.